The minimum absolute atomic E-state index is 0.457. The second-order valence-electron chi connectivity index (χ2n) is 3.03. The van der Waals surface area contributed by atoms with Crippen molar-refractivity contribution < 1.29 is 14.9 Å². The maximum atomic E-state index is 9.07. The maximum absolute atomic E-state index is 9.07. The minimum Gasteiger partial charge on any atom is -0.497 e. The van der Waals surface area contributed by atoms with Crippen molar-refractivity contribution in [3.63, 3.8) is 0 Å². The molecule has 0 saturated heterocycles. The molecule has 14 heavy (non-hydrogen) atoms. The first-order chi connectivity index (χ1) is 6.72. The third kappa shape index (κ3) is 1.34. The van der Waals surface area contributed by atoms with Crippen LogP contribution in [0.1, 0.15) is 11.9 Å². The van der Waals surface area contributed by atoms with E-state index in [2.05, 4.69) is 4.98 Å². The Hall–Kier alpha value is -1.52. The molecule has 0 aliphatic carbocycles. The van der Waals surface area contributed by atoms with E-state index in [4.69, 9.17) is 14.9 Å². The zero-order chi connectivity index (χ0) is 10.1. The molecule has 1 heterocycles. The Balaban J connectivity index is 2.63. The number of aliphatic hydroxyl groups is 2. The van der Waals surface area contributed by atoms with Gasteiger partial charge in [0, 0.05) is 22.7 Å². The molecule has 0 amide bonds. The van der Waals surface area contributed by atoms with Crippen LogP contribution < -0.4 is 4.74 Å². The summed E-state index contributed by atoms with van der Waals surface area (Å²) in [6.07, 6.45) is 0.116. The highest BCUT2D eigenvalue weighted by Gasteiger charge is 2.10. The molecule has 1 aromatic heterocycles. The molecule has 0 aliphatic rings. The van der Waals surface area contributed by atoms with Gasteiger partial charge in [-0.3, -0.25) is 0 Å². The molecule has 0 unspecified atom stereocenters. The van der Waals surface area contributed by atoms with Gasteiger partial charge < -0.3 is 19.9 Å². The summed E-state index contributed by atoms with van der Waals surface area (Å²) in [4.78, 5) is 2.95. The molecule has 2 aromatic rings. The van der Waals surface area contributed by atoms with Crippen LogP contribution in [-0.2, 0) is 0 Å². The monoisotopic (exact) mass is 193 g/mol. The number of aliphatic hydroxyl groups excluding tert-OH is 1. The number of benzene rings is 1. The number of fused-ring (bicyclic) bond motifs is 1. The van der Waals surface area contributed by atoms with E-state index in [1.165, 1.54) is 0 Å². The zero-order valence-electron chi connectivity index (χ0n) is 7.69. The fourth-order valence-electron chi connectivity index (χ4n) is 1.46. The highest BCUT2D eigenvalue weighted by molar-refractivity contribution is 5.84. The molecule has 2 rings (SSSR count). The van der Waals surface area contributed by atoms with Gasteiger partial charge in [0.15, 0.2) is 6.29 Å². The maximum Gasteiger partial charge on any atom is 0.180 e. The predicted octanol–water partition coefficient (Wildman–Crippen LogP) is 1.16. The first-order valence-corrected chi connectivity index (χ1v) is 4.23. The van der Waals surface area contributed by atoms with E-state index in [1.807, 2.05) is 12.1 Å². The number of H-pyrrole nitrogens is 1. The molecule has 0 radical (unpaired) electrons. The molecule has 4 heteroatoms. The lowest BCUT2D eigenvalue weighted by Crippen LogP contribution is -1.92. The van der Waals surface area contributed by atoms with E-state index in [9.17, 15) is 0 Å². The van der Waals surface area contributed by atoms with E-state index in [1.54, 1.807) is 19.4 Å². The van der Waals surface area contributed by atoms with Crippen molar-refractivity contribution in [2.24, 2.45) is 0 Å². The van der Waals surface area contributed by atoms with Crippen LogP contribution in [0, 0.1) is 0 Å². The number of rotatable bonds is 2. The molecule has 4 nitrogen and oxygen atoms in total. The van der Waals surface area contributed by atoms with E-state index in [-0.39, 0.29) is 0 Å². The summed E-state index contributed by atoms with van der Waals surface area (Å²) in [5, 5.41) is 18.9. The Morgan fingerprint density at radius 2 is 2.14 bits per heavy atom. The van der Waals surface area contributed by atoms with E-state index < -0.39 is 6.29 Å². The van der Waals surface area contributed by atoms with E-state index in [0.29, 0.717) is 11.3 Å². The van der Waals surface area contributed by atoms with Crippen LogP contribution in [0.5, 0.6) is 5.75 Å². The Labute approximate surface area is 80.8 Å². The number of methoxy groups -OCH3 is 1. The van der Waals surface area contributed by atoms with Crippen LogP contribution in [0.4, 0.5) is 0 Å². The number of hydrogen-bond donors (Lipinski definition) is 3. The summed E-state index contributed by atoms with van der Waals surface area (Å²) in [5.74, 6) is 0.694. The van der Waals surface area contributed by atoms with Crippen molar-refractivity contribution in [1.29, 1.82) is 0 Å². The first kappa shape index (κ1) is 9.05. The van der Waals surface area contributed by atoms with Crippen molar-refractivity contribution in [3.8, 4) is 5.75 Å². The standard InChI is InChI=1S/C10H11NO3/c1-14-6-2-3-9-7(4-6)8(5-11-9)10(12)13/h2-5,10-13H,1H3. The van der Waals surface area contributed by atoms with Gasteiger partial charge in [0.25, 0.3) is 0 Å². The summed E-state index contributed by atoms with van der Waals surface area (Å²) in [6.45, 7) is 0. The summed E-state index contributed by atoms with van der Waals surface area (Å²) in [5.41, 5.74) is 1.31. The minimum atomic E-state index is -1.46. The van der Waals surface area contributed by atoms with Crippen molar-refractivity contribution in [2.45, 2.75) is 6.29 Å². The highest BCUT2D eigenvalue weighted by atomic mass is 16.5. The number of aromatic amines is 1. The average Bonchev–Trinajstić information content (AvgIpc) is 2.59. The van der Waals surface area contributed by atoms with Crippen molar-refractivity contribution in [1.82, 2.24) is 4.98 Å². The van der Waals surface area contributed by atoms with E-state index >= 15 is 0 Å². The zero-order valence-corrected chi connectivity index (χ0v) is 7.69. The van der Waals surface area contributed by atoms with Gasteiger partial charge in [-0.05, 0) is 18.2 Å². The topological polar surface area (TPSA) is 65.5 Å². The fourth-order valence-corrected chi connectivity index (χ4v) is 1.46. The van der Waals surface area contributed by atoms with Crippen LogP contribution >= 0.6 is 0 Å². The molecule has 74 valence electrons. The molecule has 0 spiro atoms. The molecule has 0 aliphatic heterocycles. The third-order valence-electron chi connectivity index (χ3n) is 2.20. The van der Waals surface area contributed by atoms with Crippen molar-refractivity contribution in [3.05, 3.63) is 30.0 Å². The van der Waals surface area contributed by atoms with Gasteiger partial charge in [-0.25, -0.2) is 0 Å². The van der Waals surface area contributed by atoms with Gasteiger partial charge in [0.2, 0.25) is 0 Å². The van der Waals surface area contributed by atoms with Gasteiger partial charge in [-0.2, -0.15) is 0 Å². The summed E-state index contributed by atoms with van der Waals surface area (Å²) >= 11 is 0. The number of hydrogen-bond acceptors (Lipinski definition) is 3. The molecular weight excluding hydrogens is 182 g/mol. The lowest BCUT2D eigenvalue weighted by Gasteiger charge is -2.02. The van der Waals surface area contributed by atoms with Crippen LogP contribution in [0.25, 0.3) is 10.9 Å². The van der Waals surface area contributed by atoms with Crippen molar-refractivity contribution in [2.75, 3.05) is 7.11 Å². The Bertz CT molecular complexity index is 448. The molecular formula is C10H11NO3. The Morgan fingerprint density at radius 3 is 2.79 bits per heavy atom. The van der Waals surface area contributed by atoms with Crippen LogP contribution in [0.15, 0.2) is 24.4 Å². The average molecular weight is 193 g/mol. The largest absolute Gasteiger partial charge is 0.497 e. The molecule has 0 atom stereocenters. The van der Waals surface area contributed by atoms with Gasteiger partial charge in [-0.15, -0.1) is 0 Å². The van der Waals surface area contributed by atoms with Crippen LogP contribution in [-0.4, -0.2) is 22.3 Å². The molecule has 0 bridgehead atoms. The number of aromatic nitrogens is 1. The summed E-state index contributed by atoms with van der Waals surface area (Å²) in [7, 11) is 1.57. The summed E-state index contributed by atoms with van der Waals surface area (Å²) in [6, 6.07) is 5.41. The molecule has 1 aromatic carbocycles. The Kier molecular flexibility index (Phi) is 2.15. The fraction of sp³-hybridized carbons (Fsp3) is 0.200. The number of ether oxygens (including phenoxy) is 1. The lowest BCUT2D eigenvalue weighted by molar-refractivity contribution is -0.0412. The predicted molar refractivity (Wildman–Crippen MR) is 52.0 cm³/mol. The molecule has 0 fully saturated rings. The Morgan fingerprint density at radius 1 is 1.36 bits per heavy atom. The van der Waals surface area contributed by atoms with Crippen molar-refractivity contribution >= 4 is 10.9 Å². The third-order valence-corrected chi connectivity index (χ3v) is 2.20. The molecule has 0 saturated carbocycles. The first-order valence-electron chi connectivity index (χ1n) is 4.23. The second-order valence-corrected chi connectivity index (χ2v) is 3.03. The van der Waals surface area contributed by atoms with Gasteiger partial charge in [-0.1, -0.05) is 0 Å². The van der Waals surface area contributed by atoms with Crippen LogP contribution in [0.3, 0.4) is 0 Å². The highest BCUT2D eigenvalue weighted by Crippen LogP contribution is 2.26. The second kappa shape index (κ2) is 3.32. The smallest absolute Gasteiger partial charge is 0.180 e. The quantitative estimate of drug-likeness (QED) is 0.627. The van der Waals surface area contributed by atoms with Gasteiger partial charge in [0.1, 0.15) is 5.75 Å². The number of nitrogens with one attached hydrogen (secondary N) is 1. The SMILES string of the molecule is COc1ccc2[nH]cc(C(O)O)c2c1. The van der Waals surface area contributed by atoms with Gasteiger partial charge in [0.05, 0.1) is 7.11 Å². The normalized spacial score (nSPS) is 11.1. The summed E-state index contributed by atoms with van der Waals surface area (Å²) < 4.78 is 5.05. The molecule has 3 N–H and O–H groups in total. The van der Waals surface area contributed by atoms with Gasteiger partial charge >= 0.3 is 0 Å². The lowest BCUT2D eigenvalue weighted by atomic mass is 10.1. The van der Waals surface area contributed by atoms with Crippen LogP contribution in [0.2, 0.25) is 0 Å². The van der Waals surface area contributed by atoms with E-state index in [0.717, 1.165) is 10.9 Å².